The number of aliphatic hydroxyl groups is 1. The second-order valence-corrected chi connectivity index (χ2v) is 15.8. The third-order valence-corrected chi connectivity index (χ3v) is 15.9. The van der Waals surface area contributed by atoms with Gasteiger partial charge in [-0.2, -0.15) is 0 Å². The molecule has 1 N–H and O–H groups in total. The third-order valence-electron chi connectivity index (χ3n) is 4.08. The van der Waals surface area contributed by atoms with Crippen molar-refractivity contribution in [3.8, 4) is 0 Å². The van der Waals surface area contributed by atoms with Crippen LogP contribution in [-0.4, -0.2) is 63.8 Å². The molecule has 0 saturated carbocycles. The molecule has 0 saturated heterocycles. The van der Waals surface area contributed by atoms with E-state index in [1.807, 2.05) is 30.3 Å². The van der Waals surface area contributed by atoms with E-state index in [4.69, 9.17) is 14.2 Å². The van der Waals surface area contributed by atoms with Crippen molar-refractivity contribution in [1.29, 1.82) is 0 Å². The molecular formula is C18H22BrInO5S. The molecule has 0 aromatic heterocycles. The molecule has 8 heteroatoms. The number of alkyl halides is 1. The average Bonchev–Trinajstić information content (AvgIpc) is 2.89. The van der Waals surface area contributed by atoms with Crippen molar-refractivity contribution in [2.24, 2.45) is 0 Å². The fourth-order valence-electron chi connectivity index (χ4n) is 2.87. The molecule has 1 atom stereocenters. The van der Waals surface area contributed by atoms with Crippen LogP contribution in [0.5, 0.6) is 0 Å². The molecule has 5 nitrogen and oxygen atoms in total. The Morgan fingerprint density at radius 3 is 2.42 bits per heavy atom. The van der Waals surface area contributed by atoms with Crippen LogP contribution in [0.4, 0.5) is 0 Å². The number of ether oxygens (including phenoxy) is 3. The second kappa shape index (κ2) is 10.2. The first kappa shape index (κ1) is 21.9. The van der Waals surface area contributed by atoms with Crippen LogP contribution in [-0.2, 0) is 19.0 Å². The summed E-state index contributed by atoms with van der Waals surface area (Å²) in [6.45, 7) is 2.02. The molecule has 2 rings (SSSR count). The van der Waals surface area contributed by atoms with Crippen molar-refractivity contribution < 1.29 is 24.1 Å². The molecule has 1 aliphatic heterocycles. The predicted molar refractivity (Wildman–Crippen MR) is 108 cm³/mol. The van der Waals surface area contributed by atoms with Crippen molar-refractivity contribution in [3.63, 3.8) is 0 Å². The number of rotatable bonds is 8. The molecule has 1 unspecified atom stereocenters. The second-order valence-electron chi connectivity index (χ2n) is 5.62. The van der Waals surface area contributed by atoms with Crippen molar-refractivity contribution in [2.75, 3.05) is 20.8 Å². The standard InChI is InChI=1S/C17H19BrO5S.CH3.In/c1-4-23-16(20)13(14(11-19)17(21-2)22-3)10-15(18)24-12-8-6-5-7-9-12;;/h5-9,15,17,19H,4H2,1-3H3;1H3;. The number of benzene rings is 1. The molecular weight excluding hydrogens is 523 g/mol. The molecule has 26 heavy (non-hydrogen) atoms. The van der Waals surface area contributed by atoms with Gasteiger partial charge < -0.3 is 0 Å². The zero-order valence-corrected chi connectivity index (χ0v) is 20.9. The van der Waals surface area contributed by atoms with Crippen LogP contribution in [0.15, 0.2) is 53.2 Å². The van der Waals surface area contributed by atoms with Crippen LogP contribution in [0.25, 0.3) is 0 Å². The minimum atomic E-state index is -2.77. The molecule has 0 bridgehead atoms. The monoisotopic (exact) mass is 544 g/mol. The molecule has 0 fully saturated rings. The van der Waals surface area contributed by atoms with Crippen LogP contribution < -0.4 is 0 Å². The summed E-state index contributed by atoms with van der Waals surface area (Å²) in [5.74, 6) is -0.442. The molecule has 0 spiro atoms. The van der Waals surface area contributed by atoms with Gasteiger partial charge in [0.2, 0.25) is 0 Å². The summed E-state index contributed by atoms with van der Waals surface area (Å²) in [6.07, 6.45) is -0.799. The van der Waals surface area contributed by atoms with E-state index in [2.05, 4.69) is 20.6 Å². The van der Waals surface area contributed by atoms with Gasteiger partial charge in [-0.1, -0.05) is 0 Å². The van der Waals surface area contributed by atoms with Crippen LogP contribution in [0.1, 0.15) is 6.92 Å². The summed E-state index contributed by atoms with van der Waals surface area (Å²) < 4.78 is 19.1. The van der Waals surface area contributed by atoms with Crippen LogP contribution in [0.3, 0.4) is 0 Å². The van der Waals surface area contributed by atoms with E-state index in [1.54, 1.807) is 18.7 Å². The van der Waals surface area contributed by atoms with Crippen LogP contribution >= 0.6 is 27.7 Å². The van der Waals surface area contributed by atoms with Gasteiger partial charge >= 0.3 is 175 Å². The van der Waals surface area contributed by atoms with Crippen molar-refractivity contribution in [3.05, 3.63) is 48.3 Å². The number of aliphatic hydroxyl groups excluding tert-OH is 1. The summed E-state index contributed by atoms with van der Waals surface area (Å²) >= 11 is 2.55. The van der Waals surface area contributed by atoms with Crippen LogP contribution in [0.2, 0.25) is 4.68 Å². The molecule has 0 aliphatic carbocycles. The number of hydrogen-bond acceptors (Lipinski definition) is 6. The Hall–Kier alpha value is -0.410. The third kappa shape index (κ3) is 4.70. The topological polar surface area (TPSA) is 65.0 Å². The number of thioether (sulfide) groups is 1. The van der Waals surface area contributed by atoms with E-state index < -0.39 is 33.7 Å². The summed E-state index contributed by atoms with van der Waals surface area (Å²) in [4.78, 5) is 13.8. The summed E-state index contributed by atoms with van der Waals surface area (Å²) in [6, 6.07) is 9.93. The van der Waals surface area contributed by atoms with E-state index >= 15 is 0 Å². The molecule has 1 aliphatic rings. The van der Waals surface area contributed by atoms with Crippen molar-refractivity contribution in [2.45, 2.75) is 26.9 Å². The Kier molecular flexibility index (Phi) is 8.60. The molecule has 1 heterocycles. The van der Waals surface area contributed by atoms with Gasteiger partial charge in [0.1, 0.15) is 0 Å². The van der Waals surface area contributed by atoms with Gasteiger partial charge in [0, 0.05) is 0 Å². The van der Waals surface area contributed by atoms with Crippen molar-refractivity contribution in [1.82, 2.24) is 0 Å². The Morgan fingerprint density at radius 2 is 1.88 bits per heavy atom. The number of carbonyl (C=O) groups excluding carboxylic acids is 1. The first-order chi connectivity index (χ1) is 12.5. The quantitative estimate of drug-likeness (QED) is 0.231. The number of carbonyl (C=O) groups is 1. The van der Waals surface area contributed by atoms with Crippen molar-refractivity contribution >= 4 is 55.1 Å². The van der Waals surface area contributed by atoms with Gasteiger partial charge in [-0.3, -0.25) is 0 Å². The van der Waals surface area contributed by atoms with Gasteiger partial charge in [0.15, 0.2) is 0 Å². The first-order valence-electron chi connectivity index (χ1n) is 8.22. The van der Waals surface area contributed by atoms with E-state index in [1.165, 1.54) is 14.2 Å². The maximum absolute atomic E-state index is 12.7. The van der Waals surface area contributed by atoms with Crippen LogP contribution in [0, 0.1) is 0 Å². The zero-order valence-electron chi connectivity index (χ0n) is 15.2. The fourth-order valence-corrected chi connectivity index (χ4v) is 15.3. The molecule has 0 radical (unpaired) electrons. The predicted octanol–water partition coefficient (Wildman–Crippen LogP) is 4.01. The number of hydrogen-bond donors (Lipinski definition) is 1. The Balaban J connectivity index is 2.48. The van der Waals surface area contributed by atoms with E-state index in [0.29, 0.717) is 11.1 Å². The van der Waals surface area contributed by atoms with Gasteiger partial charge in [-0.05, 0) is 0 Å². The van der Waals surface area contributed by atoms with E-state index in [-0.39, 0.29) is 14.3 Å². The van der Waals surface area contributed by atoms with E-state index in [9.17, 15) is 9.90 Å². The summed E-state index contributed by atoms with van der Waals surface area (Å²) in [7, 11) is 2.97. The fraction of sp³-hybridized carbons (Fsp3) is 0.389. The molecule has 140 valence electrons. The van der Waals surface area contributed by atoms with Gasteiger partial charge in [0.25, 0.3) is 0 Å². The maximum atomic E-state index is 12.7. The number of methoxy groups -OCH3 is 2. The Bertz CT molecular complexity index is 703. The number of esters is 1. The number of halogens is 1. The molecule has 1 aromatic rings. The molecule has 0 amide bonds. The first-order valence-corrected chi connectivity index (χ1v) is 16.6. The Labute approximate surface area is 174 Å². The molecule has 1 aromatic carbocycles. The van der Waals surface area contributed by atoms with Gasteiger partial charge in [0.05, 0.1) is 0 Å². The SMILES string of the molecule is CCOC(=O)C1=[C](C(Br)Sc2ccccc2)[In]([CH3])[C](O)=C1C(OC)OC. The zero-order chi connectivity index (χ0) is 19.3. The minimum absolute atomic E-state index is 0.135. The van der Waals surface area contributed by atoms with Gasteiger partial charge in [-0.15, -0.1) is 0 Å². The summed E-state index contributed by atoms with van der Waals surface area (Å²) in [5.41, 5.74) is 0.830. The van der Waals surface area contributed by atoms with Gasteiger partial charge in [-0.25, -0.2) is 0 Å². The average molecular weight is 545 g/mol. The summed E-state index contributed by atoms with van der Waals surface area (Å²) in [5, 5.41) is 10.8. The normalized spacial score (nSPS) is 15.8. The van der Waals surface area contributed by atoms with E-state index in [0.717, 1.165) is 8.23 Å². The Morgan fingerprint density at radius 1 is 1.27 bits per heavy atom.